The number of hydrogen-bond donors (Lipinski definition) is 2. The summed E-state index contributed by atoms with van der Waals surface area (Å²) >= 11 is 0. The topological polar surface area (TPSA) is 49.3 Å². The summed E-state index contributed by atoms with van der Waals surface area (Å²) in [7, 11) is 0. The monoisotopic (exact) mass is 177 g/mol. The van der Waals surface area contributed by atoms with Crippen molar-refractivity contribution in [2.45, 2.75) is 6.92 Å². The fourth-order valence-corrected chi connectivity index (χ4v) is 0.905. The van der Waals surface area contributed by atoms with Gasteiger partial charge in [-0.05, 0) is 25.1 Å². The molecule has 0 aliphatic rings. The molecule has 1 aromatic rings. The molecule has 0 saturated carbocycles. The van der Waals surface area contributed by atoms with E-state index in [1.54, 1.807) is 31.2 Å². The lowest BCUT2D eigenvalue weighted by Gasteiger charge is -2.03. The number of rotatable bonds is 2. The number of benzene rings is 1. The van der Waals surface area contributed by atoms with Crippen molar-refractivity contribution in [1.82, 2.24) is 0 Å². The van der Waals surface area contributed by atoms with Crippen LogP contribution >= 0.6 is 0 Å². The van der Waals surface area contributed by atoms with E-state index in [2.05, 4.69) is 5.32 Å². The van der Waals surface area contributed by atoms with Crippen molar-refractivity contribution in [3.63, 3.8) is 0 Å². The van der Waals surface area contributed by atoms with Gasteiger partial charge in [-0.15, -0.1) is 0 Å². The molecule has 1 aromatic carbocycles. The molecule has 0 saturated heterocycles. The number of nitrogens with one attached hydrogen (secondary N) is 1. The SMILES string of the molecule is CC=CC(=O)Nc1ccccc1O. The Balaban J connectivity index is 2.74. The zero-order chi connectivity index (χ0) is 9.68. The molecule has 0 radical (unpaired) electrons. The van der Waals surface area contributed by atoms with Crippen LogP contribution in [0.5, 0.6) is 5.75 Å². The number of anilines is 1. The summed E-state index contributed by atoms with van der Waals surface area (Å²) < 4.78 is 0. The molecule has 0 aliphatic heterocycles. The number of carbonyl (C=O) groups excluding carboxylic acids is 1. The number of para-hydroxylation sites is 2. The lowest BCUT2D eigenvalue weighted by molar-refractivity contribution is -0.111. The van der Waals surface area contributed by atoms with Crippen LogP contribution in [0.1, 0.15) is 6.92 Å². The molecule has 0 fully saturated rings. The van der Waals surface area contributed by atoms with Gasteiger partial charge in [-0.2, -0.15) is 0 Å². The van der Waals surface area contributed by atoms with Crippen LogP contribution in [0, 0.1) is 0 Å². The minimum absolute atomic E-state index is 0.0698. The molecule has 3 heteroatoms. The number of phenols is 1. The lowest BCUT2D eigenvalue weighted by atomic mass is 10.3. The van der Waals surface area contributed by atoms with Gasteiger partial charge >= 0.3 is 0 Å². The highest BCUT2D eigenvalue weighted by atomic mass is 16.3. The lowest BCUT2D eigenvalue weighted by Crippen LogP contribution is -2.07. The molecular weight excluding hydrogens is 166 g/mol. The maximum atomic E-state index is 11.1. The molecule has 13 heavy (non-hydrogen) atoms. The largest absolute Gasteiger partial charge is 0.506 e. The second-order valence-corrected chi connectivity index (χ2v) is 2.51. The van der Waals surface area contributed by atoms with Gasteiger partial charge < -0.3 is 10.4 Å². The normalized spacial score (nSPS) is 10.2. The van der Waals surface area contributed by atoms with Gasteiger partial charge in [0.25, 0.3) is 0 Å². The van der Waals surface area contributed by atoms with Crippen molar-refractivity contribution in [2.24, 2.45) is 0 Å². The van der Waals surface area contributed by atoms with Crippen molar-refractivity contribution in [1.29, 1.82) is 0 Å². The summed E-state index contributed by atoms with van der Waals surface area (Å²) in [5.41, 5.74) is 0.422. The summed E-state index contributed by atoms with van der Waals surface area (Å²) in [5, 5.41) is 11.8. The third-order valence-electron chi connectivity index (χ3n) is 1.48. The highest BCUT2D eigenvalue weighted by Crippen LogP contribution is 2.21. The minimum Gasteiger partial charge on any atom is -0.506 e. The predicted octanol–water partition coefficient (Wildman–Crippen LogP) is 1.91. The van der Waals surface area contributed by atoms with Crippen molar-refractivity contribution in [2.75, 3.05) is 5.32 Å². The van der Waals surface area contributed by atoms with Crippen molar-refractivity contribution < 1.29 is 9.90 Å². The molecule has 1 rings (SSSR count). The van der Waals surface area contributed by atoms with Gasteiger partial charge in [0, 0.05) is 0 Å². The summed E-state index contributed by atoms with van der Waals surface area (Å²) in [6, 6.07) is 6.59. The second kappa shape index (κ2) is 4.30. The molecule has 3 nitrogen and oxygen atoms in total. The Labute approximate surface area is 76.7 Å². The highest BCUT2D eigenvalue weighted by Gasteiger charge is 2.00. The molecule has 0 aromatic heterocycles. The van der Waals surface area contributed by atoms with Crippen molar-refractivity contribution in [3.8, 4) is 5.75 Å². The number of allylic oxidation sites excluding steroid dienone is 1. The fraction of sp³-hybridized carbons (Fsp3) is 0.100. The first kappa shape index (κ1) is 9.32. The van der Waals surface area contributed by atoms with Gasteiger partial charge in [0.15, 0.2) is 0 Å². The van der Waals surface area contributed by atoms with Gasteiger partial charge in [-0.25, -0.2) is 0 Å². The molecule has 68 valence electrons. The van der Waals surface area contributed by atoms with Gasteiger partial charge in [0.05, 0.1) is 5.69 Å². The van der Waals surface area contributed by atoms with Crippen LogP contribution in [-0.2, 0) is 4.79 Å². The van der Waals surface area contributed by atoms with Gasteiger partial charge in [0.1, 0.15) is 5.75 Å². The van der Waals surface area contributed by atoms with Crippen LogP contribution < -0.4 is 5.32 Å². The average molecular weight is 177 g/mol. The van der Waals surface area contributed by atoms with Gasteiger partial charge in [-0.1, -0.05) is 18.2 Å². The number of phenolic OH excluding ortho intramolecular Hbond substituents is 1. The maximum Gasteiger partial charge on any atom is 0.248 e. The molecule has 1 amide bonds. The van der Waals surface area contributed by atoms with E-state index < -0.39 is 0 Å². The summed E-state index contributed by atoms with van der Waals surface area (Å²) in [6.07, 6.45) is 3.03. The van der Waals surface area contributed by atoms with E-state index in [1.807, 2.05) is 0 Å². The van der Waals surface area contributed by atoms with Gasteiger partial charge in [0.2, 0.25) is 5.91 Å². The Morgan fingerprint density at radius 1 is 1.46 bits per heavy atom. The Kier molecular flexibility index (Phi) is 3.09. The van der Waals surface area contributed by atoms with Crippen LogP contribution in [-0.4, -0.2) is 11.0 Å². The number of carbonyl (C=O) groups is 1. The van der Waals surface area contributed by atoms with E-state index in [-0.39, 0.29) is 11.7 Å². The standard InChI is InChI=1S/C10H11NO2/c1-2-5-10(13)11-8-6-3-4-7-9(8)12/h2-7,12H,1H3,(H,11,13). The number of amides is 1. The molecule has 0 atom stereocenters. The molecule has 0 unspecified atom stereocenters. The van der Waals surface area contributed by atoms with Crippen LogP contribution in [0.3, 0.4) is 0 Å². The molecule has 0 heterocycles. The molecule has 0 aliphatic carbocycles. The first-order chi connectivity index (χ1) is 6.24. The molecule has 2 N–H and O–H groups in total. The van der Waals surface area contributed by atoms with E-state index in [0.29, 0.717) is 5.69 Å². The van der Waals surface area contributed by atoms with Crippen LogP contribution in [0.2, 0.25) is 0 Å². The molecule has 0 spiro atoms. The van der Waals surface area contributed by atoms with Crippen molar-refractivity contribution >= 4 is 11.6 Å². The predicted molar refractivity (Wildman–Crippen MR) is 51.6 cm³/mol. The third kappa shape index (κ3) is 2.63. The van der Waals surface area contributed by atoms with E-state index in [0.717, 1.165) is 0 Å². The summed E-state index contributed by atoms with van der Waals surface area (Å²) in [5.74, 6) is -0.177. The maximum absolute atomic E-state index is 11.1. The smallest absolute Gasteiger partial charge is 0.248 e. The Hall–Kier alpha value is -1.77. The first-order valence-electron chi connectivity index (χ1n) is 3.95. The highest BCUT2D eigenvalue weighted by molar-refractivity contribution is 6.00. The quantitative estimate of drug-likeness (QED) is 0.535. The summed E-state index contributed by atoms with van der Waals surface area (Å²) in [6.45, 7) is 1.75. The van der Waals surface area contributed by atoms with Crippen LogP contribution in [0.4, 0.5) is 5.69 Å². The zero-order valence-corrected chi connectivity index (χ0v) is 7.32. The first-order valence-corrected chi connectivity index (χ1v) is 3.95. The minimum atomic E-state index is -0.246. The van der Waals surface area contributed by atoms with Crippen LogP contribution in [0.15, 0.2) is 36.4 Å². The van der Waals surface area contributed by atoms with Crippen LogP contribution in [0.25, 0.3) is 0 Å². The molecular formula is C10H11NO2. The second-order valence-electron chi connectivity index (χ2n) is 2.51. The van der Waals surface area contributed by atoms with Gasteiger partial charge in [-0.3, -0.25) is 4.79 Å². The Morgan fingerprint density at radius 2 is 2.15 bits per heavy atom. The zero-order valence-electron chi connectivity index (χ0n) is 7.32. The van der Waals surface area contributed by atoms with Crippen molar-refractivity contribution in [3.05, 3.63) is 36.4 Å². The molecule has 0 bridgehead atoms. The van der Waals surface area contributed by atoms with E-state index in [1.165, 1.54) is 12.1 Å². The Morgan fingerprint density at radius 3 is 2.77 bits per heavy atom. The summed E-state index contributed by atoms with van der Waals surface area (Å²) in [4.78, 5) is 11.1. The van der Waals surface area contributed by atoms with E-state index in [9.17, 15) is 9.90 Å². The van der Waals surface area contributed by atoms with E-state index >= 15 is 0 Å². The third-order valence-corrected chi connectivity index (χ3v) is 1.48. The average Bonchev–Trinajstić information content (AvgIpc) is 2.09. The van der Waals surface area contributed by atoms with E-state index in [4.69, 9.17) is 0 Å². The number of aromatic hydroxyl groups is 1. The number of hydrogen-bond acceptors (Lipinski definition) is 2. The fourth-order valence-electron chi connectivity index (χ4n) is 0.905. The Bertz CT molecular complexity index is 331.